The molecule has 0 atom stereocenters. The Morgan fingerprint density at radius 2 is 2.06 bits per heavy atom. The Morgan fingerprint density at radius 1 is 1.39 bits per heavy atom. The smallest absolute Gasteiger partial charge is 0.488 e. The van der Waals surface area contributed by atoms with Crippen molar-refractivity contribution in [2.75, 3.05) is 18.1 Å². The molecule has 2 N–H and O–H groups in total. The van der Waals surface area contributed by atoms with Gasteiger partial charge in [0.25, 0.3) is 0 Å². The van der Waals surface area contributed by atoms with Gasteiger partial charge in [0.15, 0.2) is 21.4 Å². The first-order valence-corrected chi connectivity index (χ1v) is 7.16. The van der Waals surface area contributed by atoms with Crippen LogP contribution in [0.3, 0.4) is 0 Å². The zero-order valence-electron chi connectivity index (χ0n) is 9.84. The van der Waals surface area contributed by atoms with Crippen molar-refractivity contribution in [3.05, 3.63) is 24.0 Å². The first-order chi connectivity index (χ1) is 8.35. The summed E-state index contributed by atoms with van der Waals surface area (Å²) >= 11 is 0. The second-order valence-corrected chi connectivity index (χ2v) is 6.12. The second-order valence-electron chi connectivity index (χ2n) is 3.65. The van der Waals surface area contributed by atoms with Crippen LogP contribution < -0.4 is 10.2 Å². The van der Waals surface area contributed by atoms with Crippen molar-refractivity contribution < 1.29 is 27.6 Å². The quantitative estimate of drug-likeness (QED) is 0.672. The molecule has 0 saturated heterocycles. The molecule has 1 aromatic rings. The average Bonchev–Trinajstić information content (AvgIpc) is 2.31. The van der Waals surface area contributed by atoms with Crippen molar-refractivity contribution in [2.45, 2.75) is 6.92 Å². The van der Waals surface area contributed by atoms with E-state index in [1.54, 1.807) is 0 Å². The number of rotatable bonds is 6. The maximum atomic E-state index is 13.3. The minimum absolute atomic E-state index is 0.00572. The zero-order chi connectivity index (χ0) is 13.8. The highest BCUT2D eigenvalue weighted by Gasteiger charge is 2.15. The highest BCUT2D eigenvalue weighted by Crippen LogP contribution is 2.14. The molecule has 5 nitrogen and oxygen atoms in total. The summed E-state index contributed by atoms with van der Waals surface area (Å²) < 4.78 is 40.7. The van der Waals surface area contributed by atoms with Crippen LogP contribution in [0.5, 0.6) is 5.75 Å². The Labute approximate surface area is 105 Å². The van der Waals surface area contributed by atoms with Crippen LogP contribution in [0, 0.1) is 5.82 Å². The highest BCUT2D eigenvalue weighted by atomic mass is 32.2. The van der Waals surface area contributed by atoms with E-state index in [4.69, 9.17) is 14.8 Å². The molecule has 0 spiro atoms. The average molecular weight is 276 g/mol. The van der Waals surface area contributed by atoms with Gasteiger partial charge >= 0.3 is 7.12 Å². The molecule has 8 heteroatoms. The Kier molecular flexibility index (Phi) is 5.12. The molecule has 0 amide bonds. The number of benzene rings is 1. The van der Waals surface area contributed by atoms with Gasteiger partial charge in [0.1, 0.15) is 6.61 Å². The van der Waals surface area contributed by atoms with E-state index in [-0.39, 0.29) is 29.3 Å². The lowest BCUT2D eigenvalue weighted by Gasteiger charge is -2.09. The Bertz CT molecular complexity index is 503. The third-order valence-corrected chi connectivity index (χ3v) is 4.01. The minimum Gasteiger partial charge on any atom is -0.489 e. The molecule has 18 heavy (non-hydrogen) atoms. The molecule has 0 aromatic heterocycles. The van der Waals surface area contributed by atoms with E-state index in [2.05, 4.69) is 0 Å². The van der Waals surface area contributed by atoms with Gasteiger partial charge in [0, 0.05) is 5.75 Å². The fraction of sp³-hybridized carbons (Fsp3) is 0.400. The summed E-state index contributed by atoms with van der Waals surface area (Å²) in [5.74, 6) is -1.11. The largest absolute Gasteiger partial charge is 0.489 e. The Morgan fingerprint density at radius 3 is 2.61 bits per heavy atom. The molecule has 0 fully saturated rings. The van der Waals surface area contributed by atoms with Crippen LogP contribution in [-0.4, -0.2) is 43.7 Å². The SMILES string of the molecule is CCS(=O)(=O)CCOc1cc(B(O)O)ccc1F. The summed E-state index contributed by atoms with van der Waals surface area (Å²) in [7, 11) is -4.90. The van der Waals surface area contributed by atoms with Crippen LogP contribution in [0.25, 0.3) is 0 Å². The van der Waals surface area contributed by atoms with E-state index in [0.717, 1.165) is 12.1 Å². The zero-order valence-corrected chi connectivity index (χ0v) is 10.7. The van der Waals surface area contributed by atoms with E-state index < -0.39 is 22.8 Å². The van der Waals surface area contributed by atoms with Gasteiger partial charge in [0.2, 0.25) is 0 Å². The predicted octanol–water partition coefficient (Wildman–Crippen LogP) is -0.681. The molecule has 0 bridgehead atoms. The lowest BCUT2D eigenvalue weighted by Crippen LogP contribution is -2.30. The van der Waals surface area contributed by atoms with Gasteiger partial charge in [-0.05, 0) is 17.6 Å². The Balaban J connectivity index is 2.70. The van der Waals surface area contributed by atoms with Crippen LogP contribution >= 0.6 is 0 Å². The summed E-state index contributed by atoms with van der Waals surface area (Å²) in [6.45, 7) is 1.33. The van der Waals surface area contributed by atoms with E-state index in [1.165, 1.54) is 13.0 Å². The lowest BCUT2D eigenvalue weighted by molar-refractivity contribution is 0.322. The van der Waals surface area contributed by atoms with Gasteiger partial charge in [-0.15, -0.1) is 0 Å². The molecule has 0 aliphatic heterocycles. The molecule has 100 valence electrons. The summed E-state index contributed by atoms with van der Waals surface area (Å²) in [5, 5.41) is 17.8. The van der Waals surface area contributed by atoms with E-state index in [0.29, 0.717) is 0 Å². The predicted molar refractivity (Wildman–Crippen MR) is 66.0 cm³/mol. The van der Waals surface area contributed by atoms with Gasteiger partial charge in [-0.25, -0.2) is 12.8 Å². The number of hydrogen-bond acceptors (Lipinski definition) is 5. The van der Waals surface area contributed by atoms with E-state index in [9.17, 15) is 12.8 Å². The van der Waals surface area contributed by atoms with Crippen LogP contribution in [0.1, 0.15) is 6.92 Å². The first-order valence-electron chi connectivity index (χ1n) is 5.34. The second kappa shape index (κ2) is 6.17. The molecular weight excluding hydrogens is 262 g/mol. The third-order valence-electron chi connectivity index (χ3n) is 2.35. The fourth-order valence-electron chi connectivity index (χ4n) is 1.21. The van der Waals surface area contributed by atoms with Gasteiger partial charge in [-0.1, -0.05) is 13.0 Å². The van der Waals surface area contributed by atoms with Gasteiger partial charge in [0.05, 0.1) is 5.75 Å². The van der Waals surface area contributed by atoms with Gasteiger partial charge in [-0.2, -0.15) is 0 Å². The van der Waals surface area contributed by atoms with Crippen LogP contribution in [0.4, 0.5) is 4.39 Å². The van der Waals surface area contributed by atoms with E-state index in [1.807, 2.05) is 0 Å². The highest BCUT2D eigenvalue weighted by molar-refractivity contribution is 7.91. The van der Waals surface area contributed by atoms with Crippen molar-refractivity contribution >= 4 is 22.4 Å². The number of halogens is 1. The monoisotopic (exact) mass is 276 g/mol. The molecule has 0 aliphatic rings. The molecule has 1 rings (SSSR count). The normalized spacial score (nSPS) is 11.3. The molecular formula is C10H14BFO5S. The van der Waals surface area contributed by atoms with Crippen LogP contribution in [0.2, 0.25) is 0 Å². The summed E-state index contributed by atoms with van der Waals surface area (Å²) in [6, 6.07) is 3.35. The molecule has 1 aromatic carbocycles. The van der Waals surface area contributed by atoms with Crippen molar-refractivity contribution in [1.29, 1.82) is 0 Å². The summed E-state index contributed by atoms with van der Waals surface area (Å²) in [6.07, 6.45) is 0. The maximum Gasteiger partial charge on any atom is 0.488 e. The maximum absolute atomic E-state index is 13.3. The van der Waals surface area contributed by atoms with Crippen molar-refractivity contribution in [3.8, 4) is 5.75 Å². The number of sulfone groups is 1. The van der Waals surface area contributed by atoms with Crippen LogP contribution in [-0.2, 0) is 9.84 Å². The molecule has 0 heterocycles. The topological polar surface area (TPSA) is 83.8 Å². The molecule has 0 saturated carbocycles. The van der Waals surface area contributed by atoms with Gasteiger partial charge < -0.3 is 14.8 Å². The number of ether oxygens (including phenoxy) is 1. The number of hydrogen-bond donors (Lipinski definition) is 2. The minimum atomic E-state index is -3.18. The molecule has 0 unspecified atom stereocenters. The third kappa shape index (κ3) is 4.28. The summed E-state index contributed by atoms with van der Waals surface area (Å²) in [4.78, 5) is 0. The summed E-state index contributed by atoms with van der Waals surface area (Å²) in [5.41, 5.74) is 0.0738. The fourth-order valence-corrected chi connectivity index (χ4v) is 1.84. The first kappa shape index (κ1) is 14.9. The lowest BCUT2D eigenvalue weighted by atomic mass is 9.80. The standard InChI is InChI=1S/C10H14BFO5S/c1-2-18(15,16)6-5-17-10-7-8(11(13)14)3-4-9(10)12/h3-4,7,13-14H,2,5-6H2,1H3. The molecule has 0 aliphatic carbocycles. The molecule has 0 radical (unpaired) electrons. The van der Waals surface area contributed by atoms with Crippen molar-refractivity contribution in [2.24, 2.45) is 0 Å². The van der Waals surface area contributed by atoms with E-state index >= 15 is 0 Å². The van der Waals surface area contributed by atoms with Crippen LogP contribution in [0.15, 0.2) is 18.2 Å². The van der Waals surface area contributed by atoms with Crippen molar-refractivity contribution in [1.82, 2.24) is 0 Å². The van der Waals surface area contributed by atoms with Crippen molar-refractivity contribution in [3.63, 3.8) is 0 Å². The van der Waals surface area contributed by atoms with Gasteiger partial charge in [-0.3, -0.25) is 0 Å². The Hall–Kier alpha value is -1.12.